The number of aromatic nitrogens is 2. The molecule has 23 heavy (non-hydrogen) atoms. The first-order valence-electron chi connectivity index (χ1n) is 7.69. The Morgan fingerprint density at radius 2 is 1.91 bits per heavy atom. The molecule has 6 nitrogen and oxygen atoms in total. The Balaban J connectivity index is 1.85. The maximum atomic E-state index is 11.6. The predicted octanol–water partition coefficient (Wildman–Crippen LogP) is 3.58. The summed E-state index contributed by atoms with van der Waals surface area (Å²) in [6.07, 6.45) is 3.68. The van der Waals surface area contributed by atoms with Crippen molar-refractivity contribution >= 4 is 17.3 Å². The molecular weight excluding hydrogens is 292 g/mol. The standard InChI is InChI=1S/C17H16N4O2/c22-21(23)17-16(18-15-10-4-5-11-20(15)17)19-12-6-9-14(19)13-7-2-1-3-8-13/h1-5,7-8,10-11,14H,6,9,12H2/t14-/m1/s1. The molecule has 0 saturated carbocycles. The smallest absolute Gasteiger partial charge is 0.358 e. The fourth-order valence-corrected chi connectivity index (χ4v) is 3.37. The molecule has 0 radical (unpaired) electrons. The highest BCUT2D eigenvalue weighted by Crippen LogP contribution is 2.40. The van der Waals surface area contributed by atoms with Crippen molar-refractivity contribution in [3.63, 3.8) is 0 Å². The highest BCUT2D eigenvalue weighted by molar-refractivity contribution is 5.64. The maximum absolute atomic E-state index is 11.6. The molecule has 116 valence electrons. The molecule has 1 saturated heterocycles. The summed E-state index contributed by atoms with van der Waals surface area (Å²) in [5.41, 5.74) is 1.78. The minimum atomic E-state index is -0.338. The molecule has 1 aliphatic heterocycles. The molecule has 6 heteroatoms. The Kier molecular flexibility index (Phi) is 3.22. The first-order valence-corrected chi connectivity index (χ1v) is 7.69. The summed E-state index contributed by atoms with van der Waals surface area (Å²) in [4.78, 5) is 17.9. The van der Waals surface area contributed by atoms with Crippen LogP contribution in [-0.4, -0.2) is 20.9 Å². The average Bonchev–Trinajstić information content (AvgIpc) is 3.19. The van der Waals surface area contributed by atoms with Gasteiger partial charge in [-0.25, -0.2) is 0 Å². The molecule has 0 bridgehead atoms. The largest absolute Gasteiger partial charge is 0.372 e. The average molecular weight is 308 g/mol. The van der Waals surface area contributed by atoms with Gasteiger partial charge < -0.3 is 15.0 Å². The van der Waals surface area contributed by atoms with Crippen LogP contribution in [0.2, 0.25) is 0 Å². The number of fused-ring (bicyclic) bond motifs is 1. The number of hydrogen-bond donors (Lipinski definition) is 0. The van der Waals surface area contributed by atoms with Gasteiger partial charge in [0, 0.05) is 12.6 Å². The van der Waals surface area contributed by atoms with E-state index < -0.39 is 0 Å². The van der Waals surface area contributed by atoms with E-state index in [1.54, 1.807) is 22.7 Å². The molecule has 0 aliphatic carbocycles. The second-order valence-electron chi connectivity index (χ2n) is 5.71. The van der Waals surface area contributed by atoms with Crippen molar-refractivity contribution in [2.75, 3.05) is 11.4 Å². The molecule has 1 aliphatic rings. The highest BCUT2D eigenvalue weighted by Gasteiger charge is 2.34. The van der Waals surface area contributed by atoms with Gasteiger partial charge in [-0.15, -0.1) is 0 Å². The molecule has 4 rings (SSSR count). The number of rotatable bonds is 3. The Bertz CT molecular complexity index is 859. The summed E-state index contributed by atoms with van der Waals surface area (Å²) < 4.78 is 1.55. The zero-order valence-electron chi connectivity index (χ0n) is 12.5. The zero-order chi connectivity index (χ0) is 15.8. The van der Waals surface area contributed by atoms with Crippen LogP contribution in [-0.2, 0) is 0 Å². The molecule has 1 aromatic carbocycles. The third kappa shape index (κ3) is 2.23. The quantitative estimate of drug-likeness (QED) is 0.548. The second kappa shape index (κ2) is 5.39. The SMILES string of the molecule is O=[N+]([O-])c1c(N2CCC[C@@H]2c2ccccc2)nc2ccccn12. The van der Waals surface area contributed by atoms with E-state index in [1.807, 2.05) is 24.3 Å². The van der Waals surface area contributed by atoms with Crippen LogP contribution < -0.4 is 4.90 Å². The first kappa shape index (κ1) is 13.8. The fourth-order valence-electron chi connectivity index (χ4n) is 3.37. The third-order valence-electron chi connectivity index (χ3n) is 4.37. The van der Waals surface area contributed by atoms with Gasteiger partial charge in [-0.05, 0) is 29.4 Å². The number of benzene rings is 1. The summed E-state index contributed by atoms with van der Waals surface area (Å²) in [5.74, 6) is 0.510. The Labute approximate surface area is 133 Å². The molecular formula is C17H16N4O2. The van der Waals surface area contributed by atoms with Crippen LogP contribution in [0.15, 0.2) is 54.7 Å². The van der Waals surface area contributed by atoms with E-state index in [0.717, 1.165) is 19.4 Å². The molecule has 1 fully saturated rings. The van der Waals surface area contributed by atoms with Gasteiger partial charge in [0.25, 0.3) is 0 Å². The van der Waals surface area contributed by atoms with E-state index >= 15 is 0 Å². The number of pyridine rings is 1. The van der Waals surface area contributed by atoms with Crippen LogP contribution in [0.25, 0.3) is 5.65 Å². The molecule has 0 spiro atoms. The summed E-state index contributed by atoms with van der Waals surface area (Å²) in [5, 5.41) is 11.6. The number of imidazole rings is 1. The van der Waals surface area contributed by atoms with Crippen LogP contribution in [0.4, 0.5) is 11.6 Å². The van der Waals surface area contributed by atoms with E-state index in [4.69, 9.17) is 0 Å². The van der Waals surface area contributed by atoms with Crippen molar-refractivity contribution in [2.24, 2.45) is 0 Å². The van der Waals surface area contributed by atoms with Gasteiger partial charge in [-0.2, -0.15) is 9.38 Å². The van der Waals surface area contributed by atoms with Crippen molar-refractivity contribution < 1.29 is 4.92 Å². The summed E-state index contributed by atoms with van der Waals surface area (Å²) in [6.45, 7) is 0.782. The fraction of sp³-hybridized carbons (Fsp3) is 0.235. The van der Waals surface area contributed by atoms with E-state index in [1.165, 1.54) is 5.56 Å². The van der Waals surface area contributed by atoms with Gasteiger partial charge in [0.05, 0.1) is 12.2 Å². The topological polar surface area (TPSA) is 63.7 Å². The Morgan fingerprint density at radius 3 is 2.70 bits per heavy atom. The van der Waals surface area contributed by atoms with E-state index in [2.05, 4.69) is 22.0 Å². The molecule has 0 N–H and O–H groups in total. The highest BCUT2D eigenvalue weighted by atomic mass is 16.6. The van der Waals surface area contributed by atoms with E-state index in [9.17, 15) is 10.1 Å². The Hall–Kier alpha value is -2.89. The normalized spacial score (nSPS) is 17.7. The first-order chi connectivity index (χ1) is 11.3. The van der Waals surface area contributed by atoms with E-state index in [-0.39, 0.29) is 16.8 Å². The second-order valence-corrected chi connectivity index (χ2v) is 5.71. The van der Waals surface area contributed by atoms with Gasteiger partial charge >= 0.3 is 5.82 Å². The molecule has 3 heterocycles. The summed E-state index contributed by atoms with van der Waals surface area (Å²) >= 11 is 0. The lowest BCUT2D eigenvalue weighted by Gasteiger charge is -2.24. The lowest BCUT2D eigenvalue weighted by molar-refractivity contribution is -0.389. The van der Waals surface area contributed by atoms with Crippen LogP contribution >= 0.6 is 0 Å². The molecule has 0 unspecified atom stereocenters. The number of nitro groups is 1. The van der Waals surface area contributed by atoms with E-state index in [0.29, 0.717) is 11.5 Å². The number of nitrogens with zero attached hydrogens (tertiary/aromatic N) is 4. The summed E-state index contributed by atoms with van der Waals surface area (Å²) in [6, 6.07) is 15.7. The van der Waals surface area contributed by atoms with Crippen LogP contribution in [0.5, 0.6) is 0 Å². The van der Waals surface area contributed by atoms with Crippen molar-refractivity contribution in [2.45, 2.75) is 18.9 Å². The minimum Gasteiger partial charge on any atom is -0.358 e. The van der Waals surface area contributed by atoms with Crippen molar-refractivity contribution in [3.8, 4) is 0 Å². The van der Waals surface area contributed by atoms with Gasteiger partial charge in [-0.1, -0.05) is 36.4 Å². The van der Waals surface area contributed by atoms with Crippen LogP contribution in [0.3, 0.4) is 0 Å². The van der Waals surface area contributed by atoms with Crippen molar-refractivity contribution in [3.05, 3.63) is 70.4 Å². The van der Waals surface area contributed by atoms with Gasteiger partial charge in [0.15, 0.2) is 0 Å². The van der Waals surface area contributed by atoms with Gasteiger partial charge in [-0.3, -0.25) is 0 Å². The third-order valence-corrected chi connectivity index (χ3v) is 4.37. The van der Waals surface area contributed by atoms with Gasteiger partial charge in [0.1, 0.15) is 0 Å². The molecule has 0 amide bonds. The van der Waals surface area contributed by atoms with Gasteiger partial charge in [0.2, 0.25) is 11.5 Å². The van der Waals surface area contributed by atoms with Crippen molar-refractivity contribution in [1.29, 1.82) is 0 Å². The summed E-state index contributed by atoms with van der Waals surface area (Å²) in [7, 11) is 0. The van der Waals surface area contributed by atoms with Crippen LogP contribution in [0.1, 0.15) is 24.4 Å². The number of hydrogen-bond acceptors (Lipinski definition) is 4. The van der Waals surface area contributed by atoms with Crippen molar-refractivity contribution in [1.82, 2.24) is 9.38 Å². The number of anilines is 1. The minimum absolute atomic E-state index is 0.0448. The zero-order valence-corrected chi connectivity index (χ0v) is 12.5. The van der Waals surface area contributed by atoms with Crippen LogP contribution in [0, 0.1) is 10.1 Å². The molecule has 2 aromatic heterocycles. The lowest BCUT2D eigenvalue weighted by atomic mass is 10.0. The monoisotopic (exact) mass is 308 g/mol. The molecule has 3 aromatic rings. The molecule has 1 atom stereocenters. The predicted molar refractivity (Wildman–Crippen MR) is 87.6 cm³/mol. The lowest BCUT2D eigenvalue weighted by Crippen LogP contribution is -2.23. The Morgan fingerprint density at radius 1 is 1.13 bits per heavy atom. The maximum Gasteiger partial charge on any atom is 0.372 e.